The number of amides is 1. The highest BCUT2D eigenvalue weighted by atomic mass is 32.2. The zero-order chi connectivity index (χ0) is 22.8. The third-order valence-corrected chi connectivity index (χ3v) is 6.72. The van der Waals surface area contributed by atoms with Crippen molar-refractivity contribution >= 4 is 46.8 Å². The van der Waals surface area contributed by atoms with Crippen LogP contribution in [0.3, 0.4) is 0 Å². The van der Waals surface area contributed by atoms with Gasteiger partial charge in [0, 0.05) is 31.0 Å². The lowest BCUT2D eigenvalue weighted by molar-refractivity contribution is -0.148. The van der Waals surface area contributed by atoms with Crippen molar-refractivity contribution in [3.8, 4) is 0 Å². The number of nitrogens with one attached hydrogen (secondary N) is 1. The van der Waals surface area contributed by atoms with E-state index in [-0.39, 0.29) is 29.2 Å². The number of ether oxygens (including phenoxy) is 1. The maximum absolute atomic E-state index is 12.8. The molecule has 2 N–H and O–H groups in total. The van der Waals surface area contributed by atoms with Crippen molar-refractivity contribution in [3.05, 3.63) is 65.0 Å². The first-order valence-corrected chi connectivity index (χ1v) is 11.1. The van der Waals surface area contributed by atoms with E-state index in [0.717, 1.165) is 5.56 Å². The number of hydrogen-bond acceptors (Lipinski definition) is 8. The van der Waals surface area contributed by atoms with Crippen LogP contribution in [0, 0.1) is 0 Å². The van der Waals surface area contributed by atoms with Crippen molar-refractivity contribution < 1.29 is 28.6 Å². The van der Waals surface area contributed by atoms with E-state index in [1.54, 1.807) is 18.5 Å². The first kappa shape index (κ1) is 22.0. The van der Waals surface area contributed by atoms with Crippen LogP contribution in [0.4, 0.5) is 0 Å². The van der Waals surface area contributed by atoms with Crippen LogP contribution < -0.4 is 5.32 Å². The predicted molar refractivity (Wildman–Crippen MR) is 119 cm³/mol. The number of esters is 1. The Hall–Kier alpha value is -3.18. The zero-order valence-electron chi connectivity index (χ0n) is 16.9. The highest BCUT2D eigenvalue weighted by Crippen LogP contribution is 2.41. The van der Waals surface area contributed by atoms with E-state index in [0.29, 0.717) is 28.5 Å². The van der Waals surface area contributed by atoms with E-state index < -0.39 is 18.0 Å². The molecule has 0 aliphatic carbocycles. The van der Waals surface area contributed by atoms with Gasteiger partial charge in [0.1, 0.15) is 22.9 Å². The minimum atomic E-state index is -1.18. The molecule has 2 aliphatic heterocycles. The van der Waals surface area contributed by atoms with Crippen LogP contribution in [-0.4, -0.2) is 62.1 Å². The largest absolute Gasteiger partial charge is 0.477 e. The lowest BCUT2D eigenvalue weighted by Gasteiger charge is -2.49. The van der Waals surface area contributed by atoms with Crippen molar-refractivity contribution in [1.82, 2.24) is 15.2 Å². The number of carbonyl (C=O) groups is 3. The third kappa shape index (κ3) is 4.26. The maximum Gasteiger partial charge on any atom is 0.373 e. The minimum Gasteiger partial charge on any atom is -0.477 e. The summed E-state index contributed by atoms with van der Waals surface area (Å²) in [5, 5.41) is 12.5. The van der Waals surface area contributed by atoms with Crippen LogP contribution in [0.1, 0.15) is 21.9 Å². The van der Waals surface area contributed by atoms with Gasteiger partial charge in [0.05, 0.1) is 12.1 Å². The van der Waals surface area contributed by atoms with Gasteiger partial charge in [0.25, 0.3) is 5.91 Å². The van der Waals surface area contributed by atoms with Crippen LogP contribution in [0.5, 0.6) is 0 Å². The number of aromatic nitrogens is 1. The first-order valence-electron chi connectivity index (χ1n) is 9.64. The Morgan fingerprint density at radius 3 is 2.78 bits per heavy atom. The standard InChI is InChI=1S/C21H19N3O6S2/c1-29-21(28)14-3-2-13(30-14)9-12-10-32-19-16(18(25)24(19)17(12)20(26)27)23-15(31)8-11-4-6-22-7-5-11/h2-7,16,19H,8-10H2,1H3,(H,23,31)(H,26,27)/t16-,19-/m1/s1. The molecule has 11 heteroatoms. The van der Waals surface area contributed by atoms with Gasteiger partial charge in [-0.25, -0.2) is 9.59 Å². The number of thioether (sulfide) groups is 1. The van der Waals surface area contributed by atoms with E-state index in [4.69, 9.17) is 16.6 Å². The highest BCUT2D eigenvalue weighted by Gasteiger charge is 2.53. The normalized spacial score (nSPS) is 19.8. The van der Waals surface area contributed by atoms with Crippen molar-refractivity contribution in [2.24, 2.45) is 0 Å². The van der Waals surface area contributed by atoms with Gasteiger partial charge in [0.2, 0.25) is 5.76 Å². The summed E-state index contributed by atoms with van der Waals surface area (Å²) in [6.07, 6.45) is 3.97. The number of carbonyl (C=O) groups excluding carboxylic acids is 2. The number of carboxylic acid groups (broad SMARTS) is 1. The molecule has 0 aromatic carbocycles. The van der Waals surface area contributed by atoms with Crippen LogP contribution in [0.2, 0.25) is 0 Å². The van der Waals surface area contributed by atoms with E-state index in [9.17, 15) is 19.5 Å². The summed E-state index contributed by atoms with van der Waals surface area (Å²) in [6, 6.07) is 6.17. The predicted octanol–water partition coefficient (Wildman–Crippen LogP) is 1.79. The lowest BCUT2D eigenvalue weighted by atomic mass is 10.0. The molecule has 0 spiro atoms. The van der Waals surface area contributed by atoms with Crippen LogP contribution in [0.25, 0.3) is 0 Å². The molecule has 2 aliphatic rings. The van der Waals surface area contributed by atoms with E-state index in [2.05, 4.69) is 15.0 Å². The molecule has 1 saturated heterocycles. The Morgan fingerprint density at radius 1 is 1.34 bits per heavy atom. The second-order valence-corrected chi connectivity index (χ2v) is 8.78. The molecule has 32 heavy (non-hydrogen) atoms. The van der Waals surface area contributed by atoms with Gasteiger partial charge in [-0.1, -0.05) is 12.2 Å². The molecule has 1 amide bonds. The van der Waals surface area contributed by atoms with E-state index in [1.165, 1.54) is 29.8 Å². The highest BCUT2D eigenvalue weighted by molar-refractivity contribution is 8.00. The minimum absolute atomic E-state index is 0.0355. The van der Waals surface area contributed by atoms with Crippen LogP contribution >= 0.6 is 24.0 Å². The molecule has 4 rings (SSSR count). The van der Waals surface area contributed by atoms with Crippen LogP contribution in [0.15, 0.2) is 52.3 Å². The molecule has 0 radical (unpaired) electrons. The number of β-lactam (4-membered cyclic amide) rings is 1. The number of pyridine rings is 1. The van der Waals surface area contributed by atoms with Crippen molar-refractivity contribution in [3.63, 3.8) is 0 Å². The molecule has 166 valence electrons. The SMILES string of the molecule is COC(=O)c1ccc(CC2=C(C(=O)O)N3C(=O)[C@@H](NC(=S)Cc4ccncc4)[C@H]3SC2)o1. The van der Waals surface area contributed by atoms with Crippen LogP contribution in [-0.2, 0) is 27.2 Å². The average Bonchev–Trinajstić information content (AvgIpc) is 3.25. The summed E-state index contributed by atoms with van der Waals surface area (Å²) in [7, 11) is 1.25. The third-order valence-electron chi connectivity index (χ3n) is 5.12. The Morgan fingerprint density at radius 2 is 2.09 bits per heavy atom. The molecule has 0 unspecified atom stereocenters. The van der Waals surface area contributed by atoms with Crippen molar-refractivity contribution in [1.29, 1.82) is 0 Å². The first-order chi connectivity index (χ1) is 15.4. The monoisotopic (exact) mass is 473 g/mol. The number of thiocarbonyl (C=S) groups is 1. The fourth-order valence-electron chi connectivity index (χ4n) is 3.62. The van der Waals surface area contributed by atoms with Gasteiger partial charge < -0.3 is 19.6 Å². The molecule has 2 aromatic rings. The number of rotatable bonds is 7. The number of furan rings is 1. The summed E-state index contributed by atoms with van der Waals surface area (Å²) in [4.78, 5) is 42.2. The number of nitrogens with zero attached hydrogens (tertiary/aromatic N) is 2. The second-order valence-electron chi connectivity index (χ2n) is 7.18. The molecular weight excluding hydrogens is 454 g/mol. The van der Waals surface area contributed by atoms with Gasteiger partial charge in [-0.15, -0.1) is 11.8 Å². The van der Waals surface area contributed by atoms with Gasteiger partial charge in [-0.2, -0.15) is 0 Å². The second kappa shape index (κ2) is 9.13. The van der Waals surface area contributed by atoms with Crippen molar-refractivity contribution in [2.75, 3.05) is 12.9 Å². The quantitative estimate of drug-likeness (QED) is 0.350. The van der Waals surface area contributed by atoms with Crippen molar-refractivity contribution in [2.45, 2.75) is 24.3 Å². The number of fused-ring (bicyclic) bond motifs is 1. The summed E-state index contributed by atoms with van der Waals surface area (Å²) < 4.78 is 10.1. The Labute approximate surface area is 192 Å². The number of carboxylic acids is 1. The van der Waals surface area contributed by atoms with Gasteiger partial charge in [0.15, 0.2) is 0 Å². The summed E-state index contributed by atoms with van der Waals surface area (Å²) in [5.74, 6) is -1.29. The Kier molecular flexibility index (Phi) is 6.28. The Balaban J connectivity index is 1.47. The summed E-state index contributed by atoms with van der Waals surface area (Å²) in [6.45, 7) is 0. The fourth-order valence-corrected chi connectivity index (χ4v) is 5.26. The zero-order valence-corrected chi connectivity index (χ0v) is 18.6. The average molecular weight is 474 g/mol. The molecule has 4 heterocycles. The number of aliphatic carboxylic acids is 1. The smallest absolute Gasteiger partial charge is 0.373 e. The molecule has 2 aromatic heterocycles. The molecule has 0 bridgehead atoms. The molecule has 1 fully saturated rings. The lowest BCUT2D eigenvalue weighted by Crippen LogP contribution is -2.70. The Bertz CT molecular complexity index is 1110. The molecule has 0 saturated carbocycles. The van der Waals surface area contributed by atoms with Gasteiger partial charge >= 0.3 is 11.9 Å². The topological polar surface area (TPSA) is 122 Å². The maximum atomic E-state index is 12.8. The number of methoxy groups -OCH3 is 1. The molecule has 9 nitrogen and oxygen atoms in total. The molecular formula is C21H19N3O6S2. The van der Waals surface area contributed by atoms with E-state index in [1.807, 2.05) is 12.1 Å². The number of hydrogen-bond donors (Lipinski definition) is 2. The van der Waals surface area contributed by atoms with E-state index >= 15 is 0 Å². The molecule has 2 atom stereocenters. The van der Waals surface area contributed by atoms with Gasteiger partial charge in [-0.05, 0) is 35.4 Å². The van der Waals surface area contributed by atoms with Gasteiger partial charge in [-0.3, -0.25) is 14.7 Å². The fraction of sp³-hybridized carbons (Fsp3) is 0.286. The summed E-state index contributed by atoms with van der Waals surface area (Å²) in [5.41, 5.74) is 1.46. The summed E-state index contributed by atoms with van der Waals surface area (Å²) >= 11 is 6.85.